The monoisotopic (exact) mass is 236 g/mol. The maximum Gasteiger partial charge on any atom is 0.253 e. The van der Waals surface area contributed by atoms with E-state index in [1.807, 2.05) is 0 Å². The van der Waals surface area contributed by atoms with Crippen LogP contribution in [-0.2, 0) is 9.53 Å². The topological polar surface area (TPSA) is 58.6 Å². The van der Waals surface area contributed by atoms with E-state index in [9.17, 15) is 9.59 Å². The zero-order chi connectivity index (χ0) is 12.8. The van der Waals surface area contributed by atoms with Crippen LogP contribution in [0.5, 0.6) is 0 Å². The molecule has 0 aliphatic heterocycles. The summed E-state index contributed by atoms with van der Waals surface area (Å²) >= 11 is 0. The number of rotatable bonds is 4. The van der Waals surface area contributed by atoms with E-state index in [2.05, 4.69) is 5.32 Å². The SMILES string of the molecule is COCC(=O)Nc1ccc(C(=O)N(C)C)cc1. The molecule has 0 aliphatic rings. The van der Waals surface area contributed by atoms with E-state index in [1.54, 1.807) is 38.4 Å². The molecule has 1 rings (SSSR count). The molecule has 0 saturated heterocycles. The van der Waals surface area contributed by atoms with Gasteiger partial charge in [-0.05, 0) is 24.3 Å². The van der Waals surface area contributed by atoms with Crippen molar-refractivity contribution in [2.75, 3.05) is 33.1 Å². The van der Waals surface area contributed by atoms with Gasteiger partial charge in [0.15, 0.2) is 0 Å². The molecule has 0 saturated carbocycles. The molecule has 0 heterocycles. The van der Waals surface area contributed by atoms with Gasteiger partial charge in [0.05, 0.1) is 0 Å². The van der Waals surface area contributed by atoms with Gasteiger partial charge in [0, 0.05) is 32.5 Å². The van der Waals surface area contributed by atoms with Crippen molar-refractivity contribution >= 4 is 17.5 Å². The van der Waals surface area contributed by atoms with Gasteiger partial charge in [0.25, 0.3) is 5.91 Å². The molecule has 0 spiro atoms. The minimum atomic E-state index is -0.223. The van der Waals surface area contributed by atoms with Crippen molar-refractivity contribution in [1.29, 1.82) is 0 Å². The summed E-state index contributed by atoms with van der Waals surface area (Å²) in [4.78, 5) is 24.3. The van der Waals surface area contributed by atoms with E-state index in [0.29, 0.717) is 11.3 Å². The molecule has 17 heavy (non-hydrogen) atoms. The highest BCUT2D eigenvalue weighted by molar-refractivity contribution is 5.95. The minimum absolute atomic E-state index is 0.0123. The fourth-order valence-corrected chi connectivity index (χ4v) is 1.28. The third kappa shape index (κ3) is 3.88. The van der Waals surface area contributed by atoms with Crippen LogP contribution in [0.4, 0.5) is 5.69 Å². The average Bonchev–Trinajstić information content (AvgIpc) is 2.29. The third-order valence-electron chi connectivity index (χ3n) is 2.10. The number of carbonyl (C=O) groups excluding carboxylic acids is 2. The van der Waals surface area contributed by atoms with Crippen molar-refractivity contribution in [3.8, 4) is 0 Å². The number of nitrogens with zero attached hydrogens (tertiary/aromatic N) is 1. The molecule has 5 heteroatoms. The molecular formula is C12H16N2O3. The normalized spacial score (nSPS) is 9.82. The van der Waals surface area contributed by atoms with Crippen molar-refractivity contribution in [2.24, 2.45) is 0 Å². The van der Waals surface area contributed by atoms with Gasteiger partial charge in [-0.25, -0.2) is 0 Å². The summed E-state index contributed by atoms with van der Waals surface area (Å²) in [5.74, 6) is -0.293. The maximum atomic E-state index is 11.6. The summed E-state index contributed by atoms with van der Waals surface area (Å²) < 4.78 is 4.70. The number of ether oxygens (including phenoxy) is 1. The molecule has 0 unspecified atom stereocenters. The number of amides is 2. The van der Waals surface area contributed by atoms with Crippen LogP contribution in [0.1, 0.15) is 10.4 Å². The van der Waals surface area contributed by atoms with Crippen LogP contribution in [0, 0.1) is 0 Å². The van der Waals surface area contributed by atoms with Gasteiger partial charge in [-0.3, -0.25) is 9.59 Å². The summed E-state index contributed by atoms with van der Waals surface area (Å²) in [5, 5.41) is 2.65. The summed E-state index contributed by atoms with van der Waals surface area (Å²) in [6, 6.07) is 6.71. The summed E-state index contributed by atoms with van der Waals surface area (Å²) in [5.41, 5.74) is 1.22. The molecule has 0 fully saturated rings. The molecule has 5 nitrogen and oxygen atoms in total. The number of carbonyl (C=O) groups is 2. The number of hydrogen-bond donors (Lipinski definition) is 1. The van der Waals surface area contributed by atoms with E-state index in [4.69, 9.17) is 4.74 Å². The Morgan fingerprint density at radius 1 is 1.24 bits per heavy atom. The Hall–Kier alpha value is -1.88. The summed E-state index contributed by atoms with van der Waals surface area (Å²) in [7, 11) is 4.84. The van der Waals surface area contributed by atoms with Crippen molar-refractivity contribution in [2.45, 2.75) is 0 Å². The van der Waals surface area contributed by atoms with Gasteiger partial charge in [-0.2, -0.15) is 0 Å². The highest BCUT2D eigenvalue weighted by Crippen LogP contribution is 2.10. The van der Waals surface area contributed by atoms with Crippen LogP contribution >= 0.6 is 0 Å². The minimum Gasteiger partial charge on any atom is -0.375 e. The Kier molecular flexibility index (Phi) is 4.66. The van der Waals surface area contributed by atoms with Gasteiger partial charge >= 0.3 is 0 Å². The van der Waals surface area contributed by atoms with Crippen LogP contribution < -0.4 is 5.32 Å². The smallest absolute Gasteiger partial charge is 0.253 e. The van der Waals surface area contributed by atoms with Crippen molar-refractivity contribution < 1.29 is 14.3 Å². The lowest BCUT2D eigenvalue weighted by Crippen LogP contribution is -2.21. The van der Waals surface area contributed by atoms with Crippen molar-refractivity contribution in [3.63, 3.8) is 0 Å². The number of hydrogen-bond acceptors (Lipinski definition) is 3. The van der Waals surface area contributed by atoms with Crippen LogP contribution in [0.2, 0.25) is 0 Å². The standard InChI is InChI=1S/C12H16N2O3/c1-14(2)12(16)9-4-6-10(7-5-9)13-11(15)8-17-3/h4-7H,8H2,1-3H3,(H,13,15). The second-order valence-electron chi connectivity index (χ2n) is 3.76. The quantitative estimate of drug-likeness (QED) is 0.847. The van der Waals surface area contributed by atoms with Crippen LogP contribution in [0.25, 0.3) is 0 Å². The lowest BCUT2D eigenvalue weighted by Gasteiger charge is -2.10. The zero-order valence-corrected chi connectivity index (χ0v) is 10.2. The molecule has 0 bridgehead atoms. The fraction of sp³-hybridized carbons (Fsp3) is 0.333. The lowest BCUT2D eigenvalue weighted by molar-refractivity contribution is -0.119. The molecule has 92 valence electrons. The Morgan fingerprint density at radius 3 is 2.29 bits per heavy atom. The van der Waals surface area contributed by atoms with E-state index in [0.717, 1.165) is 0 Å². The van der Waals surface area contributed by atoms with Crippen molar-refractivity contribution in [3.05, 3.63) is 29.8 Å². The Bertz CT molecular complexity index is 399. The molecule has 1 N–H and O–H groups in total. The first-order valence-corrected chi connectivity index (χ1v) is 5.15. The van der Waals surface area contributed by atoms with Crippen LogP contribution in [-0.4, -0.2) is 44.5 Å². The molecule has 0 atom stereocenters. The predicted octanol–water partition coefficient (Wildman–Crippen LogP) is 0.973. The predicted molar refractivity (Wildman–Crippen MR) is 65.0 cm³/mol. The highest BCUT2D eigenvalue weighted by atomic mass is 16.5. The van der Waals surface area contributed by atoms with E-state index in [-0.39, 0.29) is 18.4 Å². The first-order valence-electron chi connectivity index (χ1n) is 5.15. The lowest BCUT2D eigenvalue weighted by atomic mass is 10.2. The van der Waals surface area contributed by atoms with Crippen LogP contribution in [0.3, 0.4) is 0 Å². The Balaban J connectivity index is 2.68. The molecule has 0 aliphatic carbocycles. The number of nitrogens with one attached hydrogen (secondary N) is 1. The summed E-state index contributed by atoms with van der Waals surface area (Å²) in [6.45, 7) is 0.0123. The second-order valence-corrected chi connectivity index (χ2v) is 3.76. The fourth-order valence-electron chi connectivity index (χ4n) is 1.28. The van der Waals surface area contributed by atoms with Gasteiger partial charge in [0.2, 0.25) is 5.91 Å². The number of benzene rings is 1. The van der Waals surface area contributed by atoms with Gasteiger partial charge in [-0.1, -0.05) is 0 Å². The Labute approximate surface area is 100 Å². The highest BCUT2D eigenvalue weighted by Gasteiger charge is 2.07. The molecule has 0 aromatic heterocycles. The second kappa shape index (κ2) is 6.00. The maximum absolute atomic E-state index is 11.6. The number of methoxy groups -OCH3 is 1. The van der Waals surface area contributed by atoms with Gasteiger partial charge in [0.1, 0.15) is 6.61 Å². The first-order chi connectivity index (χ1) is 8.04. The first kappa shape index (κ1) is 13.2. The largest absolute Gasteiger partial charge is 0.375 e. The molecule has 1 aromatic rings. The van der Waals surface area contributed by atoms with E-state index >= 15 is 0 Å². The summed E-state index contributed by atoms with van der Waals surface area (Å²) in [6.07, 6.45) is 0. The molecular weight excluding hydrogens is 220 g/mol. The van der Waals surface area contributed by atoms with E-state index < -0.39 is 0 Å². The average molecular weight is 236 g/mol. The number of anilines is 1. The molecule has 0 radical (unpaired) electrons. The van der Waals surface area contributed by atoms with Gasteiger partial charge < -0.3 is 15.0 Å². The third-order valence-corrected chi connectivity index (χ3v) is 2.10. The molecule has 1 aromatic carbocycles. The Morgan fingerprint density at radius 2 is 1.82 bits per heavy atom. The van der Waals surface area contributed by atoms with E-state index in [1.165, 1.54) is 12.0 Å². The molecule has 2 amide bonds. The van der Waals surface area contributed by atoms with Crippen molar-refractivity contribution in [1.82, 2.24) is 4.90 Å². The van der Waals surface area contributed by atoms with Gasteiger partial charge in [-0.15, -0.1) is 0 Å². The van der Waals surface area contributed by atoms with Crippen LogP contribution in [0.15, 0.2) is 24.3 Å². The zero-order valence-electron chi connectivity index (χ0n) is 10.2.